The smallest absolute Gasteiger partial charge is 0.223 e. The Balaban J connectivity index is 2.38. The Labute approximate surface area is 94.1 Å². The third kappa shape index (κ3) is 4.08. The molecule has 0 aromatic carbocycles. The first-order chi connectivity index (χ1) is 7.59. The minimum atomic E-state index is -0.468. The third-order valence-corrected chi connectivity index (χ3v) is 2.14. The second kappa shape index (κ2) is 5.85. The van der Waals surface area contributed by atoms with E-state index in [0.717, 1.165) is 5.56 Å². The van der Waals surface area contributed by atoms with Gasteiger partial charge in [0, 0.05) is 31.3 Å². The summed E-state index contributed by atoms with van der Waals surface area (Å²) in [5.41, 5.74) is 5.93. The van der Waals surface area contributed by atoms with Crippen LogP contribution in [-0.2, 0) is 16.1 Å². The Morgan fingerprint density at radius 1 is 1.56 bits per heavy atom. The van der Waals surface area contributed by atoms with Gasteiger partial charge in [0.15, 0.2) is 0 Å². The maximum atomic E-state index is 11.5. The van der Waals surface area contributed by atoms with Crippen molar-refractivity contribution in [3.63, 3.8) is 0 Å². The second-order valence-corrected chi connectivity index (χ2v) is 3.65. The molecule has 0 radical (unpaired) electrons. The monoisotopic (exact) mass is 221 g/mol. The predicted molar refractivity (Wildman–Crippen MR) is 59.1 cm³/mol. The molecule has 0 aliphatic carbocycles. The quantitative estimate of drug-likeness (QED) is 0.745. The van der Waals surface area contributed by atoms with Crippen molar-refractivity contribution in [1.82, 2.24) is 10.3 Å². The van der Waals surface area contributed by atoms with E-state index in [1.165, 1.54) is 0 Å². The largest absolute Gasteiger partial charge is 0.370 e. The van der Waals surface area contributed by atoms with Gasteiger partial charge < -0.3 is 11.1 Å². The van der Waals surface area contributed by atoms with Crippen LogP contribution in [0.2, 0.25) is 0 Å². The summed E-state index contributed by atoms with van der Waals surface area (Å²) in [5.74, 6) is -1.04. The molecule has 0 bridgehead atoms. The second-order valence-electron chi connectivity index (χ2n) is 3.65. The maximum absolute atomic E-state index is 11.5. The van der Waals surface area contributed by atoms with Crippen LogP contribution in [0, 0.1) is 5.92 Å². The lowest BCUT2D eigenvalue weighted by Crippen LogP contribution is -2.31. The maximum Gasteiger partial charge on any atom is 0.223 e. The van der Waals surface area contributed by atoms with Gasteiger partial charge in [0.1, 0.15) is 0 Å². The number of carbonyl (C=O) groups is 2. The fourth-order valence-corrected chi connectivity index (χ4v) is 1.26. The Bertz CT molecular complexity index is 365. The fourth-order valence-electron chi connectivity index (χ4n) is 1.26. The molecule has 0 spiro atoms. The van der Waals surface area contributed by atoms with Crippen LogP contribution in [0.4, 0.5) is 0 Å². The van der Waals surface area contributed by atoms with Crippen LogP contribution in [-0.4, -0.2) is 16.8 Å². The van der Waals surface area contributed by atoms with Gasteiger partial charge >= 0.3 is 0 Å². The zero-order valence-electron chi connectivity index (χ0n) is 9.14. The highest BCUT2D eigenvalue weighted by Gasteiger charge is 2.14. The van der Waals surface area contributed by atoms with Crippen molar-refractivity contribution in [2.75, 3.05) is 0 Å². The van der Waals surface area contributed by atoms with Crippen molar-refractivity contribution in [2.45, 2.75) is 19.9 Å². The van der Waals surface area contributed by atoms with E-state index < -0.39 is 11.8 Å². The first-order valence-electron chi connectivity index (χ1n) is 5.04. The Morgan fingerprint density at radius 2 is 2.31 bits per heavy atom. The van der Waals surface area contributed by atoms with Gasteiger partial charge in [-0.15, -0.1) is 0 Å². The van der Waals surface area contributed by atoms with Gasteiger partial charge in [0.25, 0.3) is 0 Å². The first kappa shape index (κ1) is 12.2. The lowest BCUT2D eigenvalue weighted by atomic mass is 10.1. The summed E-state index contributed by atoms with van der Waals surface area (Å²) in [6.07, 6.45) is 3.42. The molecule has 0 fully saturated rings. The molecule has 3 N–H and O–H groups in total. The van der Waals surface area contributed by atoms with Crippen molar-refractivity contribution in [3.8, 4) is 0 Å². The molecule has 2 amide bonds. The number of aromatic nitrogens is 1. The van der Waals surface area contributed by atoms with Crippen LogP contribution in [0.25, 0.3) is 0 Å². The van der Waals surface area contributed by atoms with E-state index in [-0.39, 0.29) is 12.3 Å². The van der Waals surface area contributed by atoms with Crippen molar-refractivity contribution in [2.24, 2.45) is 11.7 Å². The van der Waals surface area contributed by atoms with Crippen LogP contribution in [0.15, 0.2) is 24.5 Å². The van der Waals surface area contributed by atoms with Crippen LogP contribution < -0.4 is 11.1 Å². The summed E-state index contributed by atoms with van der Waals surface area (Å²) < 4.78 is 0. The van der Waals surface area contributed by atoms with E-state index in [4.69, 9.17) is 5.73 Å². The molecule has 0 aliphatic rings. The average molecular weight is 221 g/mol. The fraction of sp³-hybridized carbons (Fsp3) is 0.364. The highest BCUT2D eigenvalue weighted by molar-refractivity contribution is 5.84. The average Bonchev–Trinajstić information content (AvgIpc) is 2.26. The van der Waals surface area contributed by atoms with Crippen molar-refractivity contribution in [1.29, 1.82) is 0 Å². The van der Waals surface area contributed by atoms with Gasteiger partial charge in [0.2, 0.25) is 11.8 Å². The van der Waals surface area contributed by atoms with Gasteiger partial charge in [0.05, 0.1) is 0 Å². The molecule has 5 heteroatoms. The third-order valence-electron chi connectivity index (χ3n) is 2.14. The van der Waals surface area contributed by atoms with E-state index in [1.807, 2.05) is 6.07 Å². The van der Waals surface area contributed by atoms with E-state index in [2.05, 4.69) is 10.3 Å². The standard InChI is InChI=1S/C11H15N3O2/c1-8(5-10(12)15)11(16)14-7-9-3-2-4-13-6-9/h2-4,6,8H,5,7H2,1H3,(H2,12,15)(H,14,16). The van der Waals surface area contributed by atoms with Gasteiger partial charge in [-0.1, -0.05) is 13.0 Å². The summed E-state index contributed by atoms with van der Waals surface area (Å²) in [7, 11) is 0. The minimum Gasteiger partial charge on any atom is -0.370 e. The zero-order chi connectivity index (χ0) is 12.0. The molecule has 1 rings (SSSR count). The normalized spacial score (nSPS) is 11.8. The molecule has 0 aliphatic heterocycles. The number of hydrogen-bond acceptors (Lipinski definition) is 3. The summed E-state index contributed by atoms with van der Waals surface area (Å²) in [4.78, 5) is 26.1. The zero-order valence-corrected chi connectivity index (χ0v) is 9.14. The van der Waals surface area contributed by atoms with Gasteiger partial charge in [-0.3, -0.25) is 14.6 Å². The number of nitrogens with one attached hydrogen (secondary N) is 1. The Morgan fingerprint density at radius 3 is 2.88 bits per heavy atom. The number of nitrogens with two attached hydrogens (primary N) is 1. The number of pyridine rings is 1. The summed E-state index contributed by atoms with van der Waals surface area (Å²) in [6.45, 7) is 2.08. The number of rotatable bonds is 5. The SMILES string of the molecule is CC(CC(N)=O)C(=O)NCc1cccnc1. The molecule has 1 aromatic heterocycles. The summed E-state index contributed by atoms with van der Waals surface area (Å²) in [5, 5.41) is 2.72. The molecule has 86 valence electrons. The molecule has 0 saturated heterocycles. The number of primary amides is 1. The highest BCUT2D eigenvalue weighted by Crippen LogP contribution is 2.02. The molecule has 1 atom stereocenters. The molecular weight excluding hydrogens is 206 g/mol. The van der Waals surface area contributed by atoms with Crippen LogP contribution in [0.1, 0.15) is 18.9 Å². The van der Waals surface area contributed by atoms with Crippen LogP contribution >= 0.6 is 0 Å². The molecule has 0 saturated carbocycles. The first-order valence-corrected chi connectivity index (χ1v) is 5.04. The predicted octanol–water partition coefficient (Wildman–Crippen LogP) is 0.209. The van der Waals surface area contributed by atoms with Crippen molar-refractivity contribution >= 4 is 11.8 Å². The van der Waals surface area contributed by atoms with Crippen molar-refractivity contribution < 1.29 is 9.59 Å². The lowest BCUT2D eigenvalue weighted by Gasteiger charge is -2.10. The number of hydrogen-bond donors (Lipinski definition) is 2. The van der Waals surface area contributed by atoms with E-state index in [9.17, 15) is 9.59 Å². The van der Waals surface area contributed by atoms with Gasteiger partial charge in [-0.25, -0.2) is 0 Å². The van der Waals surface area contributed by atoms with E-state index in [0.29, 0.717) is 6.54 Å². The summed E-state index contributed by atoms with van der Waals surface area (Å²) in [6, 6.07) is 3.67. The minimum absolute atomic E-state index is 0.0683. The van der Waals surface area contributed by atoms with Crippen molar-refractivity contribution in [3.05, 3.63) is 30.1 Å². The lowest BCUT2D eigenvalue weighted by molar-refractivity contribution is -0.128. The van der Waals surface area contributed by atoms with Gasteiger partial charge in [-0.2, -0.15) is 0 Å². The number of carbonyl (C=O) groups excluding carboxylic acids is 2. The molecule has 1 aromatic rings. The molecule has 1 heterocycles. The van der Waals surface area contributed by atoms with E-state index >= 15 is 0 Å². The Hall–Kier alpha value is -1.91. The molecule has 5 nitrogen and oxygen atoms in total. The highest BCUT2D eigenvalue weighted by atomic mass is 16.2. The van der Waals surface area contributed by atoms with E-state index in [1.54, 1.807) is 25.4 Å². The molecule has 1 unspecified atom stereocenters. The topological polar surface area (TPSA) is 85.1 Å². The van der Waals surface area contributed by atoms with Crippen LogP contribution in [0.5, 0.6) is 0 Å². The van der Waals surface area contributed by atoms with Crippen LogP contribution in [0.3, 0.4) is 0 Å². The summed E-state index contributed by atoms with van der Waals surface area (Å²) >= 11 is 0. The number of nitrogens with zero attached hydrogens (tertiary/aromatic N) is 1. The molecular formula is C11H15N3O2. The Kier molecular flexibility index (Phi) is 4.44. The number of amides is 2. The molecule has 16 heavy (non-hydrogen) atoms. The van der Waals surface area contributed by atoms with Gasteiger partial charge in [-0.05, 0) is 11.6 Å².